The van der Waals surface area contributed by atoms with Gasteiger partial charge in [0, 0.05) is 17.0 Å². The molecule has 1 aromatic heterocycles. The zero-order valence-electron chi connectivity index (χ0n) is 10.8. The fourth-order valence-electron chi connectivity index (χ4n) is 2.40. The maximum absolute atomic E-state index is 4.81. The topological polar surface area (TPSA) is 12.9 Å². The minimum absolute atomic E-state index is 0.187. The molecule has 88 valence electrons. The first-order valence-corrected chi connectivity index (χ1v) is 6.46. The minimum Gasteiger partial charge on any atom is -0.253 e. The number of para-hydroxylation sites is 1. The molecule has 1 aromatic carbocycles. The Hall–Kier alpha value is -1.37. The molecule has 0 atom stereocenters. The molecule has 1 nitrogen and oxygen atoms in total. The van der Waals surface area contributed by atoms with Gasteiger partial charge in [0.15, 0.2) is 0 Å². The summed E-state index contributed by atoms with van der Waals surface area (Å²) in [4.78, 5) is 4.81. The molecule has 1 aliphatic carbocycles. The van der Waals surface area contributed by atoms with Crippen molar-refractivity contribution in [1.29, 1.82) is 0 Å². The van der Waals surface area contributed by atoms with Crippen molar-refractivity contribution in [2.75, 3.05) is 0 Å². The second-order valence-corrected chi connectivity index (χ2v) is 6.14. The van der Waals surface area contributed by atoms with Gasteiger partial charge in [-0.1, -0.05) is 39.0 Å². The molecule has 1 heterocycles. The van der Waals surface area contributed by atoms with Crippen LogP contribution in [0.5, 0.6) is 0 Å². The van der Waals surface area contributed by atoms with Gasteiger partial charge in [-0.3, -0.25) is 4.98 Å². The van der Waals surface area contributed by atoms with Crippen LogP contribution in [0.3, 0.4) is 0 Å². The Morgan fingerprint density at radius 1 is 1.12 bits per heavy atom. The summed E-state index contributed by atoms with van der Waals surface area (Å²) in [6.07, 6.45) is 2.63. The molecular formula is C16H19N. The molecule has 0 spiro atoms. The highest BCUT2D eigenvalue weighted by Crippen LogP contribution is 2.41. The highest BCUT2D eigenvalue weighted by molar-refractivity contribution is 5.83. The zero-order chi connectivity index (χ0) is 12.0. The summed E-state index contributed by atoms with van der Waals surface area (Å²) in [6.45, 7) is 6.85. The van der Waals surface area contributed by atoms with E-state index in [0.29, 0.717) is 0 Å². The van der Waals surface area contributed by atoms with Crippen molar-refractivity contribution in [3.8, 4) is 0 Å². The molecule has 0 aliphatic heterocycles. The molecule has 1 fully saturated rings. The molecule has 0 unspecified atom stereocenters. The lowest BCUT2D eigenvalue weighted by Gasteiger charge is -2.22. The molecule has 1 saturated carbocycles. The lowest BCUT2D eigenvalue weighted by Crippen LogP contribution is -2.13. The quantitative estimate of drug-likeness (QED) is 0.700. The molecule has 17 heavy (non-hydrogen) atoms. The maximum atomic E-state index is 4.81. The second-order valence-electron chi connectivity index (χ2n) is 6.14. The fourth-order valence-corrected chi connectivity index (χ4v) is 2.40. The number of hydrogen-bond donors (Lipinski definition) is 0. The smallest absolute Gasteiger partial charge is 0.0708 e. The van der Waals surface area contributed by atoms with E-state index in [2.05, 4.69) is 51.1 Å². The largest absolute Gasteiger partial charge is 0.253 e. The van der Waals surface area contributed by atoms with Crippen LogP contribution in [0.2, 0.25) is 0 Å². The van der Waals surface area contributed by atoms with E-state index in [0.717, 1.165) is 11.4 Å². The third-order valence-corrected chi connectivity index (χ3v) is 3.54. The van der Waals surface area contributed by atoms with Crippen molar-refractivity contribution in [3.63, 3.8) is 0 Å². The van der Waals surface area contributed by atoms with Crippen molar-refractivity contribution in [2.45, 2.75) is 44.9 Å². The SMILES string of the molecule is CC(C)(C)c1cc(C2CC2)nc2ccccc12. The van der Waals surface area contributed by atoms with Crippen LogP contribution in [0.4, 0.5) is 0 Å². The van der Waals surface area contributed by atoms with E-state index in [1.54, 1.807) is 0 Å². The van der Waals surface area contributed by atoms with Crippen LogP contribution < -0.4 is 0 Å². The third kappa shape index (κ3) is 1.95. The number of aromatic nitrogens is 1. The Bertz CT molecular complexity index is 559. The summed E-state index contributed by atoms with van der Waals surface area (Å²) in [7, 11) is 0. The fraction of sp³-hybridized carbons (Fsp3) is 0.438. The number of nitrogens with zero attached hydrogens (tertiary/aromatic N) is 1. The summed E-state index contributed by atoms with van der Waals surface area (Å²) in [5.41, 5.74) is 4.08. The lowest BCUT2D eigenvalue weighted by atomic mass is 9.84. The van der Waals surface area contributed by atoms with Crippen LogP contribution in [0.25, 0.3) is 10.9 Å². The van der Waals surface area contributed by atoms with Gasteiger partial charge in [0.05, 0.1) is 5.52 Å². The second kappa shape index (κ2) is 3.56. The Morgan fingerprint density at radius 3 is 2.47 bits per heavy atom. The van der Waals surface area contributed by atoms with Gasteiger partial charge < -0.3 is 0 Å². The van der Waals surface area contributed by atoms with Crippen LogP contribution in [-0.4, -0.2) is 4.98 Å². The summed E-state index contributed by atoms with van der Waals surface area (Å²) in [5, 5.41) is 1.31. The van der Waals surface area contributed by atoms with Gasteiger partial charge in [0.25, 0.3) is 0 Å². The predicted octanol–water partition coefficient (Wildman–Crippen LogP) is 4.41. The Kier molecular flexibility index (Phi) is 2.25. The first-order valence-electron chi connectivity index (χ1n) is 6.46. The number of hydrogen-bond acceptors (Lipinski definition) is 1. The molecule has 1 heteroatoms. The Balaban J connectivity index is 2.29. The van der Waals surface area contributed by atoms with Crippen molar-refractivity contribution < 1.29 is 0 Å². The number of rotatable bonds is 1. The monoisotopic (exact) mass is 225 g/mol. The first kappa shape index (κ1) is 10.8. The van der Waals surface area contributed by atoms with Gasteiger partial charge in [-0.15, -0.1) is 0 Å². The van der Waals surface area contributed by atoms with Crippen molar-refractivity contribution in [3.05, 3.63) is 41.6 Å². The minimum atomic E-state index is 0.187. The third-order valence-electron chi connectivity index (χ3n) is 3.54. The van der Waals surface area contributed by atoms with Crippen molar-refractivity contribution in [2.24, 2.45) is 0 Å². The van der Waals surface area contributed by atoms with E-state index in [1.807, 2.05) is 0 Å². The standard InChI is InChI=1S/C16H19N/c1-16(2,3)13-10-15(11-8-9-11)17-14-7-5-4-6-12(13)14/h4-7,10-11H,8-9H2,1-3H3. The van der Waals surface area contributed by atoms with Gasteiger partial charge >= 0.3 is 0 Å². The number of benzene rings is 1. The number of fused-ring (bicyclic) bond motifs is 1. The Morgan fingerprint density at radius 2 is 1.82 bits per heavy atom. The molecule has 3 rings (SSSR count). The average Bonchev–Trinajstić information content (AvgIpc) is 3.10. The maximum Gasteiger partial charge on any atom is 0.0708 e. The van der Waals surface area contributed by atoms with Gasteiger partial charge in [-0.05, 0) is 36.0 Å². The predicted molar refractivity (Wildman–Crippen MR) is 72.4 cm³/mol. The van der Waals surface area contributed by atoms with Crippen molar-refractivity contribution in [1.82, 2.24) is 4.98 Å². The molecule has 0 bridgehead atoms. The summed E-state index contributed by atoms with van der Waals surface area (Å²) < 4.78 is 0. The van der Waals surface area contributed by atoms with E-state index in [-0.39, 0.29) is 5.41 Å². The molecule has 2 aromatic rings. The van der Waals surface area contributed by atoms with Crippen molar-refractivity contribution >= 4 is 10.9 Å². The van der Waals surface area contributed by atoms with Gasteiger partial charge in [-0.25, -0.2) is 0 Å². The van der Waals surface area contributed by atoms with Crippen LogP contribution in [-0.2, 0) is 5.41 Å². The van der Waals surface area contributed by atoms with Crippen LogP contribution in [0.1, 0.15) is 50.8 Å². The molecule has 0 saturated heterocycles. The normalized spacial score (nSPS) is 16.4. The summed E-state index contributed by atoms with van der Waals surface area (Å²) >= 11 is 0. The van der Waals surface area contributed by atoms with Gasteiger partial charge in [0.2, 0.25) is 0 Å². The summed E-state index contributed by atoms with van der Waals surface area (Å²) in [6, 6.07) is 10.9. The van der Waals surface area contributed by atoms with Gasteiger partial charge in [-0.2, -0.15) is 0 Å². The zero-order valence-corrected chi connectivity index (χ0v) is 10.8. The molecule has 1 aliphatic rings. The van der Waals surface area contributed by atoms with E-state index in [9.17, 15) is 0 Å². The van der Waals surface area contributed by atoms with E-state index in [4.69, 9.17) is 4.98 Å². The first-order chi connectivity index (χ1) is 8.05. The highest BCUT2D eigenvalue weighted by Gasteiger charge is 2.27. The number of pyridine rings is 1. The Labute approximate surface area is 103 Å². The highest BCUT2D eigenvalue weighted by atomic mass is 14.7. The van der Waals surface area contributed by atoms with E-state index < -0.39 is 0 Å². The molecule has 0 amide bonds. The lowest BCUT2D eigenvalue weighted by molar-refractivity contribution is 0.594. The average molecular weight is 225 g/mol. The molecular weight excluding hydrogens is 206 g/mol. The van der Waals surface area contributed by atoms with Crippen LogP contribution >= 0.6 is 0 Å². The van der Waals surface area contributed by atoms with Crippen LogP contribution in [0, 0.1) is 0 Å². The van der Waals surface area contributed by atoms with Gasteiger partial charge in [0.1, 0.15) is 0 Å². The molecule has 0 N–H and O–H groups in total. The van der Waals surface area contributed by atoms with E-state index >= 15 is 0 Å². The summed E-state index contributed by atoms with van der Waals surface area (Å²) in [5.74, 6) is 0.723. The molecule has 0 radical (unpaired) electrons. The van der Waals surface area contributed by atoms with Crippen LogP contribution in [0.15, 0.2) is 30.3 Å². The van der Waals surface area contributed by atoms with E-state index in [1.165, 1.54) is 29.5 Å².